The van der Waals surface area contributed by atoms with Crippen LogP contribution in [0.15, 0.2) is 28.8 Å². The first-order valence-corrected chi connectivity index (χ1v) is 7.34. The number of nitrogens with one attached hydrogen (secondary N) is 1. The van der Waals surface area contributed by atoms with Crippen LogP contribution in [0.1, 0.15) is 37.5 Å². The Kier molecular flexibility index (Phi) is 5.56. The normalized spacial score (nSPS) is 12.6. The zero-order valence-electron chi connectivity index (χ0n) is 11.9. The minimum Gasteiger partial charge on any atom is -0.339 e. The molecule has 1 aromatic heterocycles. The highest BCUT2D eigenvalue weighted by Gasteiger charge is 2.10. The van der Waals surface area contributed by atoms with Gasteiger partial charge in [0.2, 0.25) is 5.89 Å². The van der Waals surface area contributed by atoms with E-state index in [4.69, 9.17) is 16.1 Å². The molecule has 0 fully saturated rings. The second-order valence-electron chi connectivity index (χ2n) is 4.97. The zero-order valence-corrected chi connectivity index (χ0v) is 12.7. The lowest BCUT2D eigenvalue weighted by Crippen LogP contribution is -2.28. The van der Waals surface area contributed by atoms with Crippen molar-refractivity contribution in [3.8, 4) is 0 Å². The van der Waals surface area contributed by atoms with Gasteiger partial charge in [0.1, 0.15) is 0 Å². The number of hydrogen-bond acceptors (Lipinski definition) is 4. The van der Waals surface area contributed by atoms with Crippen LogP contribution in [-0.2, 0) is 12.8 Å². The Labute approximate surface area is 124 Å². The third-order valence-corrected chi connectivity index (χ3v) is 3.26. The van der Waals surface area contributed by atoms with Crippen molar-refractivity contribution in [2.24, 2.45) is 0 Å². The molecule has 108 valence electrons. The largest absolute Gasteiger partial charge is 0.339 e. The molecule has 5 heteroatoms. The highest BCUT2D eigenvalue weighted by Crippen LogP contribution is 2.12. The summed E-state index contributed by atoms with van der Waals surface area (Å²) >= 11 is 5.86. The molecule has 0 aliphatic rings. The van der Waals surface area contributed by atoms with E-state index in [1.54, 1.807) is 0 Å². The van der Waals surface area contributed by atoms with Crippen molar-refractivity contribution >= 4 is 11.6 Å². The predicted octanol–water partition coefficient (Wildman–Crippen LogP) is 3.24. The molecule has 2 aromatic rings. The quantitative estimate of drug-likeness (QED) is 0.851. The van der Waals surface area contributed by atoms with E-state index in [1.165, 1.54) is 0 Å². The van der Waals surface area contributed by atoms with Crippen molar-refractivity contribution in [3.05, 3.63) is 46.6 Å². The number of benzene rings is 1. The van der Waals surface area contributed by atoms with Crippen molar-refractivity contribution in [3.63, 3.8) is 0 Å². The van der Waals surface area contributed by atoms with E-state index >= 15 is 0 Å². The smallest absolute Gasteiger partial charge is 0.228 e. The van der Waals surface area contributed by atoms with Crippen LogP contribution in [0.5, 0.6) is 0 Å². The Morgan fingerprint density at radius 2 is 2.05 bits per heavy atom. The van der Waals surface area contributed by atoms with Gasteiger partial charge in [-0.05, 0) is 37.6 Å². The fourth-order valence-electron chi connectivity index (χ4n) is 1.95. The van der Waals surface area contributed by atoms with Crippen molar-refractivity contribution in [2.75, 3.05) is 6.54 Å². The molecule has 0 radical (unpaired) electrons. The number of aromatic nitrogens is 2. The number of nitrogens with zero attached hydrogens (tertiary/aromatic N) is 2. The maximum absolute atomic E-state index is 5.86. The van der Waals surface area contributed by atoms with Gasteiger partial charge in [-0.2, -0.15) is 4.98 Å². The van der Waals surface area contributed by atoms with Gasteiger partial charge in [0.05, 0.1) is 0 Å². The maximum Gasteiger partial charge on any atom is 0.228 e. The maximum atomic E-state index is 5.86. The molecule has 0 amide bonds. The van der Waals surface area contributed by atoms with Gasteiger partial charge in [-0.25, -0.2) is 0 Å². The van der Waals surface area contributed by atoms with Gasteiger partial charge in [0.25, 0.3) is 0 Å². The highest BCUT2D eigenvalue weighted by atomic mass is 35.5. The van der Waals surface area contributed by atoms with Gasteiger partial charge in [-0.15, -0.1) is 0 Å². The van der Waals surface area contributed by atoms with Crippen LogP contribution in [0.4, 0.5) is 0 Å². The summed E-state index contributed by atoms with van der Waals surface area (Å²) in [6.45, 7) is 5.28. The van der Waals surface area contributed by atoms with Gasteiger partial charge < -0.3 is 9.84 Å². The molecule has 0 aliphatic heterocycles. The molecule has 1 unspecified atom stereocenters. The molecule has 0 saturated carbocycles. The van der Waals surface area contributed by atoms with E-state index in [1.807, 2.05) is 24.3 Å². The Balaban J connectivity index is 1.90. The summed E-state index contributed by atoms with van der Waals surface area (Å²) in [6, 6.07) is 8.04. The molecule has 1 N–H and O–H groups in total. The Bertz CT molecular complexity index is 524. The zero-order chi connectivity index (χ0) is 14.4. The molecule has 1 heterocycles. The van der Waals surface area contributed by atoms with E-state index in [0.717, 1.165) is 30.0 Å². The molecule has 0 spiro atoms. The summed E-state index contributed by atoms with van der Waals surface area (Å²) in [6.07, 6.45) is 2.54. The number of hydrogen-bond donors (Lipinski definition) is 1. The first-order chi connectivity index (χ1) is 9.67. The molecular formula is C15H20ClN3O. The fourth-order valence-corrected chi connectivity index (χ4v) is 2.08. The topological polar surface area (TPSA) is 51.0 Å². The van der Waals surface area contributed by atoms with E-state index in [-0.39, 0.29) is 0 Å². The fraction of sp³-hybridized carbons (Fsp3) is 0.467. The van der Waals surface area contributed by atoms with Crippen LogP contribution in [-0.4, -0.2) is 22.7 Å². The van der Waals surface area contributed by atoms with Crippen molar-refractivity contribution in [1.82, 2.24) is 15.5 Å². The van der Waals surface area contributed by atoms with Crippen molar-refractivity contribution in [2.45, 2.75) is 39.2 Å². The Morgan fingerprint density at radius 1 is 1.30 bits per heavy atom. The number of halogens is 1. The van der Waals surface area contributed by atoms with E-state index in [0.29, 0.717) is 24.2 Å². The van der Waals surface area contributed by atoms with Gasteiger partial charge in [-0.1, -0.05) is 35.8 Å². The van der Waals surface area contributed by atoms with Gasteiger partial charge >= 0.3 is 0 Å². The van der Waals surface area contributed by atoms with Gasteiger partial charge in [0.15, 0.2) is 5.82 Å². The molecule has 1 atom stereocenters. The summed E-state index contributed by atoms with van der Waals surface area (Å²) in [4.78, 5) is 4.43. The van der Waals surface area contributed by atoms with E-state index in [9.17, 15) is 0 Å². The minimum absolute atomic E-state index is 0.346. The van der Waals surface area contributed by atoms with E-state index in [2.05, 4.69) is 29.3 Å². The number of rotatable bonds is 7. The highest BCUT2D eigenvalue weighted by molar-refractivity contribution is 6.30. The molecule has 1 aromatic carbocycles. The summed E-state index contributed by atoms with van der Waals surface area (Å²) in [5.74, 6) is 1.40. The van der Waals surface area contributed by atoms with Crippen LogP contribution in [0.3, 0.4) is 0 Å². The van der Waals surface area contributed by atoms with E-state index < -0.39 is 0 Å². The molecule has 4 nitrogen and oxygen atoms in total. The molecule has 0 saturated heterocycles. The first kappa shape index (κ1) is 15.0. The summed E-state index contributed by atoms with van der Waals surface area (Å²) < 4.78 is 5.28. The average molecular weight is 294 g/mol. The first-order valence-electron chi connectivity index (χ1n) is 6.96. The Morgan fingerprint density at radius 3 is 2.75 bits per heavy atom. The predicted molar refractivity (Wildman–Crippen MR) is 80.0 cm³/mol. The van der Waals surface area contributed by atoms with Crippen LogP contribution >= 0.6 is 11.6 Å². The summed E-state index contributed by atoms with van der Waals surface area (Å²) in [5, 5.41) is 8.16. The second-order valence-corrected chi connectivity index (χ2v) is 5.40. The second kappa shape index (κ2) is 7.41. The van der Waals surface area contributed by atoms with Crippen LogP contribution in [0.25, 0.3) is 0 Å². The summed E-state index contributed by atoms with van der Waals surface area (Å²) in [5.41, 5.74) is 1.12. The molecule has 20 heavy (non-hydrogen) atoms. The third-order valence-electron chi connectivity index (χ3n) is 3.01. The van der Waals surface area contributed by atoms with Crippen LogP contribution in [0.2, 0.25) is 5.02 Å². The monoisotopic (exact) mass is 293 g/mol. The van der Waals surface area contributed by atoms with Crippen molar-refractivity contribution < 1.29 is 4.52 Å². The molecule has 2 rings (SSSR count). The molecule has 0 aliphatic carbocycles. The third kappa shape index (κ3) is 4.62. The SMILES string of the molecule is CCCNC(C)Cc1nc(Cc2ccc(Cl)cc2)no1. The standard InChI is InChI=1S/C15H20ClN3O/c1-3-8-17-11(2)9-15-18-14(19-20-15)10-12-4-6-13(16)7-5-12/h4-7,11,17H,3,8-10H2,1-2H3. The average Bonchev–Trinajstić information content (AvgIpc) is 2.86. The Hall–Kier alpha value is -1.39. The van der Waals surface area contributed by atoms with Crippen LogP contribution < -0.4 is 5.32 Å². The lowest BCUT2D eigenvalue weighted by Gasteiger charge is -2.09. The van der Waals surface area contributed by atoms with Gasteiger partial charge in [0, 0.05) is 23.9 Å². The molecule has 0 bridgehead atoms. The summed E-state index contributed by atoms with van der Waals surface area (Å²) in [7, 11) is 0. The lowest BCUT2D eigenvalue weighted by atomic mass is 10.1. The lowest BCUT2D eigenvalue weighted by molar-refractivity contribution is 0.358. The molecular weight excluding hydrogens is 274 g/mol. The van der Waals surface area contributed by atoms with Crippen LogP contribution in [0, 0.1) is 0 Å². The van der Waals surface area contributed by atoms with Crippen molar-refractivity contribution in [1.29, 1.82) is 0 Å². The van der Waals surface area contributed by atoms with Gasteiger partial charge in [-0.3, -0.25) is 0 Å². The minimum atomic E-state index is 0.346.